The van der Waals surface area contributed by atoms with Crippen molar-refractivity contribution in [3.05, 3.63) is 29.8 Å². The maximum Gasteiger partial charge on any atom is 0.142 e. The summed E-state index contributed by atoms with van der Waals surface area (Å²) < 4.78 is 0. The van der Waals surface area contributed by atoms with Gasteiger partial charge < -0.3 is 4.79 Å². The van der Waals surface area contributed by atoms with E-state index in [-0.39, 0.29) is 5.41 Å². The molecule has 0 saturated carbocycles. The second-order valence-electron chi connectivity index (χ2n) is 4.38. The molecule has 0 fully saturated rings. The van der Waals surface area contributed by atoms with Crippen LogP contribution in [0.5, 0.6) is 0 Å². The van der Waals surface area contributed by atoms with Crippen LogP contribution in [0.4, 0.5) is 5.69 Å². The van der Waals surface area contributed by atoms with Crippen molar-refractivity contribution in [2.45, 2.75) is 19.3 Å². The molecule has 0 aliphatic carbocycles. The SMILES string of the molecule is CC1(C)C(C(C#N)C=O)=Nc2ccccc21. The van der Waals surface area contributed by atoms with Crippen LogP contribution in [0.15, 0.2) is 29.3 Å². The van der Waals surface area contributed by atoms with E-state index in [9.17, 15) is 4.79 Å². The molecule has 1 aliphatic heterocycles. The molecule has 1 heterocycles. The maximum absolute atomic E-state index is 10.9. The number of para-hydroxylation sites is 1. The molecule has 1 unspecified atom stereocenters. The molecule has 1 aromatic rings. The zero-order valence-electron chi connectivity index (χ0n) is 9.27. The van der Waals surface area contributed by atoms with Crippen LogP contribution in [-0.2, 0) is 10.2 Å². The molecule has 3 heteroatoms. The van der Waals surface area contributed by atoms with Gasteiger partial charge in [0.1, 0.15) is 12.2 Å². The number of carbonyl (C=O) groups is 1. The van der Waals surface area contributed by atoms with Gasteiger partial charge in [-0.1, -0.05) is 32.0 Å². The summed E-state index contributed by atoms with van der Waals surface area (Å²) in [6.45, 7) is 3.98. The molecule has 0 bridgehead atoms. The first kappa shape index (κ1) is 10.6. The van der Waals surface area contributed by atoms with E-state index in [1.165, 1.54) is 0 Å². The second kappa shape index (κ2) is 3.57. The molecule has 1 aliphatic rings. The first-order chi connectivity index (χ1) is 7.61. The van der Waals surface area contributed by atoms with Crippen molar-refractivity contribution < 1.29 is 4.79 Å². The Morgan fingerprint density at radius 2 is 2.12 bits per heavy atom. The van der Waals surface area contributed by atoms with Crippen LogP contribution in [0.3, 0.4) is 0 Å². The first-order valence-electron chi connectivity index (χ1n) is 5.14. The molecule has 2 rings (SSSR count). The largest absolute Gasteiger partial charge is 0.301 e. The topological polar surface area (TPSA) is 53.2 Å². The highest BCUT2D eigenvalue weighted by Gasteiger charge is 2.38. The standard InChI is InChI=1S/C13H12N2O/c1-13(2)10-5-3-4-6-11(10)15-12(13)9(7-14)8-16/h3-6,8-9H,1-2H3. The Hall–Kier alpha value is -1.95. The Morgan fingerprint density at radius 3 is 2.69 bits per heavy atom. The Balaban J connectivity index is 2.55. The number of nitrogens with zero attached hydrogens (tertiary/aromatic N) is 2. The Bertz CT molecular complexity index is 509. The van der Waals surface area contributed by atoms with Crippen molar-refractivity contribution >= 4 is 17.7 Å². The molecule has 16 heavy (non-hydrogen) atoms. The second-order valence-corrected chi connectivity index (χ2v) is 4.38. The number of nitriles is 1. The molecule has 3 nitrogen and oxygen atoms in total. The number of rotatable bonds is 2. The highest BCUT2D eigenvalue weighted by molar-refractivity contribution is 6.10. The Kier molecular flexibility index (Phi) is 2.35. The predicted molar refractivity (Wildman–Crippen MR) is 61.7 cm³/mol. The van der Waals surface area contributed by atoms with E-state index in [0.717, 1.165) is 11.3 Å². The maximum atomic E-state index is 10.9. The van der Waals surface area contributed by atoms with Crippen LogP contribution < -0.4 is 0 Å². The minimum absolute atomic E-state index is 0.335. The number of benzene rings is 1. The summed E-state index contributed by atoms with van der Waals surface area (Å²) >= 11 is 0. The quantitative estimate of drug-likeness (QED) is 0.707. The van der Waals surface area contributed by atoms with E-state index < -0.39 is 5.92 Å². The van der Waals surface area contributed by atoms with Gasteiger partial charge in [0.15, 0.2) is 0 Å². The third kappa shape index (κ3) is 1.35. The summed E-state index contributed by atoms with van der Waals surface area (Å²) in [6, 6.07) is 9.73. The summed E-state index contributed by atoms with van der Waals surface area (Å²) in [5, 5.41) is 8.94. The predicted octanol–water partition coefficient (Wildman–Crippen LogP) is 2.39. The van der Waals surface area contributed by atoms with Gasteiger partial charge in [-0.25, -0.2) is 0 Å². The molecule has 1 aromatic carbocycles. The molecular weight excluding hydrogens is 200 g/mol. The molecule has 0 radical (unpaired) electrons. The van der Waals surface area contributed by atoms with Crippen LogP contribution in [-0.4, -0.2) is 12.0 Å². The van der Waals surface area contributed by atoms with Crippen LogP contribution in [0.1, 0.15) is 19.4 Å². The normalized spacial score (nSPS) is 18.2. The van der Waals surface area contributed by atoms with Crippen molar-refractivity contribution in [1.82, 2.24) is 0 Å². The van der Waals surface area contributed by atoms with Crippen LogP contribution in [0.2, 0.25) is 0 Å². The summed E-state index contributed by atoms with van der Waals surface area (Å²) in [5.74, 6) is -0.748. The van der Waals surface area contributed by atoms with E-state index in [0.29, 0.717) is 12.0 Å². The van der Waals surface area contributed by atoms with Gasteiger partial charge in [-0.2, -0.15) is 5.26 Å². The van der Waals surface area contributed by atoms with Crippen molar-refractivity contribution in [1.29, 1.82) is 5.26 Å². The van der Waals surface area contributed by atoms with Gasteiger partial charge >= 0.3 is 0 Å². The van der Waals surface area contributed by atoms with Gasteiger partial charge in [0.2, 0.25) is 0 Å². The van der Waals surface area contributed by atoms with Crippen molar-refractivity contribution in [3.63, 3.8) is 0 Å². The van der Waals surface area contributed by atoms with Crippen molar-refractivity contribution in [2.24, 2.45) is 10.9 Å². The summed E-state index contributed by atoms with van der Waals surface area (Å²) in [7, 11) is 0. The van der Waals surface area contributed by atoms with Gasteiger partial charge in [-0.3, -0.25) is 4.99 Å². The minimum Gasteiger partial charge on any atom is -0.301 e. The highest BCUT2D eigenvalue weighted by atomic mass is 16.1. The number of aldehydes is 1. The van der Waals surface area contributed by atoms with Gasteiger partial charge in [0.25, 0.3) is 0 Å². The third-order valence-electron chi connectivity index (χ3n) is 3.03. The lowest BCUT2D eigenvalue weighted by atomic mass is 9.77. The lowest BCUT2D eigenvalue weighted by molar-refractivity contribution is -0.108. The number of carbonyl (C=O) groups excluding carboxylic acids is 1. The molecular formula is C13H12N2O. The molecule has 80 valence electrons. The number of fused-ring (bicyclic) bond motifs is 1. The molecule has 0 amide bonds. The zero-order valence-corrected chi connectivity index (χ0v) is 9.27. The monoisotopic (exact) mass is 212 g/mol. The van der Waals surface area contributed by atoms with Gasteiger partial charge in [0, 0.05) is 5.41 Å². The molecule has 0 aromatic heterocycles. The Labute approximate surface area is 94.4 Å². The van der Waals surface area contributed by atoms with Crippen molar-refractivity contribution in [3.8, 4) is 6.07 Å². The zero-order chi connectivity index (χ0) is 11.8. The van der Waals surface area contributed by atoms with E-state index >= 15 is 0 Å². The summed E-state index contributed by atoms with van der Waals surface area (Å²) in [5.41, 5.74) is 2.25. The van der Waals surface area contributed by atoms with E-state index in [1.54, 1.807) is 0 Å². The van der Waals surface area contributed by atoms with Gasteiger partial charge in [-0.05, 0) is 11.6 Å². The fraction of sp³-hybridized carbons (Fsp3) is 0.308. The minimum atomic E-state index is -0.748. The lowest BCUT2D eigenvalue weighted by Crippen LogP contribution is -2.32. The fourth-order valence-electron chi connectivity index (χ4n) is 2.12. The molecule has 0 spiro atoms. The third-order valence-corrected chi connectivity index (χ3v) is 3.03. The smallest absolute Gasteiger partial charge is 0.142 e. The lowest BCUT2D eigenvalue weighted by Gasteiger charge is -2.22. The van der Waals surface area contributed by atoms with Gasteiger partial charge in [0.05, 0.1) is 17.5 Å². The summed E-state index contributed by atoms with van der Waals surface area (Å²) in [4.78, 5) is 15.3. The van der Waals surface area contributed by atoms with Crippen LogP contribution >= 0.6 is 0 Å². The molecule has 0 N–H and O–H groups in total. The average molecular weight is 212 g/mol. The van der Waals surface area contributed by atoms with Crippen LogP contribution in [0.25, 0.3) is 0 Å². The van der Waals surface area contributed by atoms with E-state index in [2.05, 4.69) is 4.99 Å². The number of hydrogen-bond donors (Lipinski definition) is 0. The van der Waals surface area contributed by atoms with Crippen molar-refractivity contribution in [2.75, 3.05) is 0 Å². The fourth-order valence-corrected chi connectivity index (χ4v) is 2.12. The Morgan fingerprint density at radius 1 is 1.44 bits per heavy atom. The number of hydrogen-bond acceptors (Lipinski definition) is 3. The summed E-state index contributed by atoms with van der Waals surface area (Å²) in [6.07, 6.45) is 0.659. The highest BCUT2D eigenvalue weighted by Crippen LogP contribution is 2.41. The van der Waals surface area contributed by atoms with Crippen LogP contribution in [0, 0.1) is 17.2 Å². The average Bonchev–Trinajstić information content (AvgIpc) is 2.54. The number of aliphatic imine (C=N–C) groups is 1. The molecule has 0 saturated heterocycles. The van der Waals surface area contributed by atoms with E-state index in [1.807, 2.05) is 44.2 Å². The molecule has 1 atom stereocenters. The van der Waals surface area contributed by atoms with E-state index in [4.69, 9.17) is 5.26 Å². The van der Waals surface area contributed by atoms with Gasteiger partial charge in [-0.15, -0.1) is 0 Å². The first-order valence-corrected chi connectivity index (χ1v) is 5.14.